The molecule has 0 aliphatic rings. The van der Waals surface area contributed by atoms with Gasteiger partial charge in [-0.05, 0) is 60.7 Å². The van der Waals surface area contributed by atoms with Crippen LogP contribution in [0.4, 0.5) is 18.9 Å². The lowest BCUT2D eigenvalue weighted by Crippen LogP contribution is -2.17. The first-order valence-corrected chi connectivity index (χ1v) is 8.99. The van der Waals surface area contributed by atoms with Gasteiger partial charge in [0.15, 0.2) is 5.78 Å². The fourth-order valence-electron chi connectivity index (χ4n) is 1.79. The molecule has 128 valence electrons. The molecule has 0 bridgehead atoms. The maximum absolute atomic E-state index is 12.2. The van der Waals surface area contributed by atoms with Crippen LogP contribution in [0.1, 0.15) is 10.4 Å². The van der Waals surface area contributed by atoms with Gasteiger partial charge in [-0.3, -0.25) is 4.79 Å². The number of halogens is 3. The minimum Gasteiger partial charge on any atom is -0.406 e. The summed E-state index contributed by atoms with van der Waals surface area (Å²) in [7, 11) is 0. The van der Waals surface area contributed by atoms with Crippen LogP contribution in [0.3, 0.4) is 0 Å². The first-order chi connectivity index (χ1) is 11.4. The van der Waals surface area contributed by atoms with E-state index in [0.717, 1.165) is 17.6 Å². The molecule has 0 saturated heterocycles. The van der Waals surface area contributed by atoms with Crippen LogP contribution in [0.25, 0.3) is 0 Å². The summed E-state index contributed by atoms with van der Waals surface area (Å²) in [5.41, 5.74) is 1.36. The number of hydrogen-bond donors (Lipinski definition) is 1. The van der Waals surface area contributed by atoms with E-state index in [1.165, 1.54) is 30.0 Å². The van der Waals surface area contributed by atoms with Gasteiger partial charge < -0.3 is 9.46 Å². The summed E-state index contributed by atoms with van der Waals surface area (Å²) >= 11 is 2.61. The van der Waals surface area contributed by atoms with Gasteiger partial charge in [-0.15, -0.1) is 13.2 Å². The Morgan fingerprint density at radius 1 is 1.17 bits per heavy atom. The van der Waals surface area contributed by atoms with Crippen LogP contribution in [0.2, 0.25) is 0 Å². The summed E-state index contributed by atoms with van der Waals surface area (Å²) in [5.74, 6) is 0.207. The molecule has 1 N–H and O–H groups in total. The van der Waals surface area contributed by atoms with Crippen molar-refractivity contribution in [1.29, 1.82) is 0 Å². The van der Waals surface area contributed by atoms with Crippen LogP contribution >= 0.6 is 23.7 Å². The lowest BCUT2D eigenvalue weighted by atomic mass is 10.1. The van der Waals surface area contributed by atoms with Crippen molar-refractivity contribution in [2.75, 3.05) is 16.7 Å². The Labute approximate surface area is 146 Å². The molecule has 0 amide bonds. The second-order valence-corrected chi connectivity index (χ2v) is 6.41. The van der Waals surface area contributed by atoms with E-state index in [-0.39, 0.29) is 11.5 Å². The minimum absolute atomic E-state index is 0.0544. The molecule has 3 nitrogen and oxygen atoms in total. The predicted molar refractivity (Wildman–Crippen MR) is 91.8 cm³/mol. The molecule has 2 rings (SSSR count). The Morgan fingerprint density at radius 2 is 1.88 bits per heavy atom. The average molecular weight is 373 g/mol. The predicted octanol–water partition coefficient (Wildman–Crippen LogP) is 5.25. The van der Waals surface area contributed by atoms with Gasteiger partial charge in [0, 0.05) is 16.1 Å². The lowest BCUT2D eigenvalue weighted by Gasteiger charge is -2.10. The molecule has 0 heterocycles. The second kappa shape index (κ2) is 8.34. The second-order valence-electron chi connectivity index (χ2n) is 4.66. The highest BCUT2D eigenvalue weighted by Gasteiger charge is 2.31. The fourth-order valence-corrected chi connectivity index (χ4v) is 2.91. The van der Waals surface area contributed by atoms with Gasteiger partial charge in [0.05, 0.1) is 5.75 Å². The van der Waals surface area contributed by atoms with Gasteiger partial charge >= 0.3 is 6.36 Å². The zero-order chi connectivity index (χ0) is 17.6. The van der Waals surface area contributed by atoms with Crippen molar-refractivity contribution in [3.63, 3.8) is 0 Å². The Kier molecular flexibility index (Phi) is 6.44. The molecule has 0 atom stereocenters. The number of benzene rings is 2. The molecule has 2 aromatic carbocycles. The summed E-state index contributed by atoms with van der Waals surface area (Å²) in [5, 5.41) is 0. The summed E-state index contributed by atoms with van der Waals surface area (Å²) < 4.78 is 43.5. The Balaban J connectivity index is 1.96. The number of carbonyl (C=O) groups is 1. The molecule has 0 saturated carbocycles. The number of nitrogens with one attached hydrogen (secondary N) is 1. The molecule has 2 aromatic rings. The number of rotatable bonds is 7. The largest absolute Gasteiger partial charge is 0.573 e. The molecular weight excluding hydrogens is 359 g/mol. The van der Waals surface area contributed by atoms with Crippen LogP contribution in [0.15, 0.2) is 53.4 Å². The summed E-state index contributed by atoms with van der Waals surface area (Å²) in [4.78, 5) is 12.3. The van der Waals surface area contributed by atoms with Crippen molar-refractivity contribution in [1.82, 2.24) is 0 Å². The summed E-state index contributed by atoms with van der Waals surface area (Å²) in [6.07, 6.45) is -2.85. The fraction of sp³-hybridized carbons (Fsp3) is 0.188. The topological polar surface area (TPSA) is 38.3 Å². The van der Waals surface area contributed by atoms with Gasteiger partial charge in [-0.25, -0.2) is 0 Å². The number of ether oxygens (including phenoxy) is 1. The Hall–Kier alpha value is -1.80. The normalized spacial score (nSPS) is 11.2. The Bertz CT molecular complexity index is 690. The zero-order valence-corrected chi connectivity index (χ0v) is 14.2. The van der Waals surface area contributed by atoms with E-state index in [4.69, 9.17) is 0 Å². The molecular formula is C16H14F3NO2S2. The van der Waals surface area contributed by atoms with E-state index in [2.05, 4.69) is 9.46 Å². The third-order valence-corrected chi connectivity index (χ3v) is 4.19. The van der Waals surface area contributed by atoms with Crippen molar-refractivity contribution >= 4 is 35.2 Å². The number of carbonyl (C=O) groups excluding carboxylic acids is 1. The number of alkyl halides is 3. The van der Waals surface area contributed by atoms with Crippen LogP contribution < -0.4 is 9.46 Å². The van der Waals surface area contributed by atoms with Crippen molar-refractivity contribution in [3.05, 3.63) is 54.1 Å². The molecule has 0 spiro atoms. The Morgan fingerprint density at radius 3 is 2.50 bits per heavy atom. The third kappa shape index (κ3) is 6.01. The quantitative estimate of drug-likeness (QED) is 0.530. The maximum Gasteiger partial charge on any atom is 0.573 e. The van der Waals surface area contributed by atoms with E-state index >= 15 is 0 Å². The molecule has 0 unspecified atom stereocenters. The van der Waals surface area contributed by atoms with Crippen molar-refractivity contribution in [2.45, 2.75) is 11.3 Å². The van der Waals surface area contributed by atoms with E-state index in [0.29, 0.717) is 16.2 Å². The number of hydrogen-bond acceptors (Lipinski definition) is 5. The number of thioether (sulfide) groups is 1. The number of ketones is 1. The van der Waals surface area contributed by atoms with E-state index in [9.17, 15) is 18.0 Å². The van der Waals surface area contributed by atoms with Crippen molar-refractivity contribution in [3.8, 4) is 5.75 Å². The highest BCUT2D eigenvalue weighted by Crippen LogP contribution is 2.28. The van der Waals surface area contributed by atoms with Gasteiger partial charge in [-0.2, -0.15) is 11.8 Å². The molecule has 24 heavy (non-hydrogen) atoms. The SMILES string of the molecule is CSCC(=O)c1ccc(NSc2cccc(OC(F)(F)F)c2)cc1. The van der Waals surface area contributed by atoms with Gasteiger partial charge in [0.25, 0.3) is 0 Å². The third-order valence-electron chi connectivity index (χ3n) is 2.81. The monoisotopic (exact) mass is 373 g/mol. The van der Waals surface area contributed by atoms with Crippen LogP contribution in [-0.4, -0.2) is 24.2 Å². The van der Waals surface area contributed by atoms with E-state index in [1.807, 2.05) is 6.26 Å². The zero-order valence-electron chi connectivity index (χ0n) is 12.6. The molecule has 0 aromatic heterocycles. The minimum atomic E-state index is -4.71. The van der Waals surface area contributed by atoms with Crippen LogP contribution in [0, 0.1) is 0 Å². The standard InChI is InChI=1S/C16H14F3NO2S2/c1-23-10-15(21)11-5-7-12(8-6-11)20-24-14-4-2-3-13(9-14)22-16(17,18)19/h2-9,20H,10H2,1H3. The average Bonchev–Trinajstić information content (AvgIpc) is 2.52. The maximum atomic E-state index is 12.2. The molecule has 0 radical (unpaired) electrons. The molecule has 0 aliphatic heterocycles. The first-order valence-electron chi connectivity index (χ1n) is 6.78. The van der Waals surface area contributed by atoms with Gasteiger partial charge in [-0.1, -0.05) is 6.07 Å². The lowest BCUT2D eigenvalue weighted by molar-refractivity contribution is -0.274. The molecule has 0 fully saturated rings. The summed E-state index contributed by atoms with van der Waals surface area (Å²) in [6, 6.07) is 12.6. The van der Waals surface area contributed by atoms with Gasteiger partial charge in [0.2, 0.25) is 0 Å². The summed E-state index contributed by atoms with van der Waals surface area (Å²) in [6.45, 7) is 0. The number of Topliss-reactive ketones (excluding diaryl/α,β-unsaturated/α-hetero) is 1. The van der Waals surface area contributed by atoms with Gasteiger partial charge in [0.1, 0.15) is 5.75 Å². The number of anilines is 1. The highest BCUT2D eigenvalue weighted by molar-refractivity contribution is 8.00. The highest BCUT2D eigenvalue weighted by atomic mass is 32.2. The van der Waals surface area contributed by atoms with Crippen molar-refractivity contribution < 1.29 is 22.7 Å². The van der Waals surface area contributed by atoms with E-state index in [1.54, 1.807) is 30.3 Å². The van der Waals surface area contributed by atoms with Crippen LogP contribution in [0.5, 0.6) is 5.75 Å². The van der Waals surface area contributed by atoms with Crippen LogP contribution in [-0.2, 0) is 0 Å². The molecule has 0 aliphatic carbocycles. The smallest absolute Gasteiger partial charge is 0.406 e. The first kappa shape index (κ1) is 18.5. The van der Waals surface area contributed by atoms with E-state index < -0.39 is 6.36 Å². The van der Waals surface area contributed by atoms with Crippen molar-refractivity contribution in [2.24, 2.45) is 0 Å². The molecule has 8 heteroatoms.